The molecular formula is C11H9F4N3. The van der Waals surface area contributed by atoms with E-state index < -0.39 is 17.6 Å². The molecule has 96 valence electrons. The van der Waals surface area contributed by atoms with Crippen LogP contribution in [0.25, 0.3) is 11.4 Å². The summed E-state index contributed by atoms with van der Waals surface area (Å²) >= 11 is 0. The van der Waals surface area contributed by atoms with Gasteiger partial charge in [-0.2, -0.15) is 18.3 Å². The lowest BCUT2D eigenvalue weighted by atomic mass is 10.1. The molecular weight excluding hydrogens is 250 g/mol. The predicted molar refractivity (Wildman–Crippen MR) is 56.1 cm³/mol. The second-order valence-corrected chi connectivity index (χ2v) is 3.79. The average Bonchev–Trinajstić information content (AvgIpc) is 2.57. The zero-order valence-corrected chi connectivity index (χ0v) is 9.59. The van der Waals surface area contributed by atoms with Gasteiger partial charge in [0.05, 0.1) is 5.56 Å². The van der Waals surface area contributed by atoms with Gasteiger partial charge in [0.15, 0.2) is 5.82 Å². The van der Waals surface area contributed by atoms with E-state index in [1.807, 2.05) is 0 Å². The largest absolute Gasteiger partial charge is 0.417 e. The molecule has 0 aliphatic heterocycles. The fourth-order valence-corrected chi connectivity index (χ4v) is 1.52. The first-order chi connectivity index (χ1) is 8.29. The van der Waals surface area contributed by atoms with Crippen LogP contribution in [0.5, 0.6) is 0 Å². The molecule has 0 radical (unpaired) electrons. The van der Waals surface area contributed by atoms with Crippen LogP contribution in [0, 0.1) is 12.7 Å². The second kappa shape index (κ2) is 4.08. The minimum Gasteiger partial charge on any atom is -0.253 e. The van der Waals surface area contributed by atoms with Gasteiger partial charge in [-0.3, -0.25) is 4.68 Å². The molecule has 7 heteroatoms. The van der Waals surface area contributed by atoms with Crippen molar-refractivity contribution in [3.8, 4) is 11.4 Å². The van der Waals surface area contributed by atoms with Crippen LogP contribution in [0.1, 0.15) is 11.4 Å². The highest BCUT2D eigenvalue weighted by molar-refractivity contribution is 5.61. The molecule has 0 saturated heterocycles. The van der Waals surface area contributed by atoms with Crippen molar-refractivity contribution < 1.29 is 17.6 Å². The maximum absolute atomic E-state index is 12.9. The minimum absolute atomic E-state index is 0.0673. The molecule has 0 amide bonds. The third kappa shape index (κ3) is 2.20. The fraction of sp³-hybridized carbons (Fsp3) is 0.273. The third-order valence-corrected chi connectivity index (χ3v) is 2.51. The Balaban J connectivity index is 2.64. The second-order valence-electron chi connectivity index (χ2n) is 3.79. The van der Waals surface area contributed by atoms with E-state index in [0.717, 1.165) is 12.1 Å². The topological polar surface area (TPSA) is 30.7 Å². The summed E-state index contributed by atoms with van der Waals surface area (Å²) in [7, 11) is 1.57. The van der Waals surface area contributed by atoms with Gasteiger partial charge in [0.2, 0.25) is 0 Å². The molecule has 0 saturated carbocycles. The SMILES string of the molecule is Cc1nc(-c2ccc(F)cc2C(F)(F)F)nn1C. The maximum Gasteiger partial charge on any atom is 0.417 e. The van der Waals surface area contributed by atoms with Gasteiger partial charge in [-0.15, -0.1) is 0 Å². The van der Waals surface area contributed by atoms with Crippen LogP contribution in [0.4, 0.5) is 17.6 Å². The van der Waals surface area contributed by atoms with E-state index in [2.05, 4.69) is 10.1 Å². The Kier molecular flexibility index (Phi) is 2.84. The van der Waals surface area contributed by atoms with Crippen LogP contribution < -0.4 is 0 Å². The van der Waals surface area contributed by atoms with Crippen LogP contribution in [0.2, 0.25) is 0 Å². The number of hydrogen-bond donors (Lipinski definition) is 0. The van der Waals surface area contributed by atoms with Gasteiger partial charge in [-0.25, -0.2) is 9.37 Å². The molecule has 0 unspecified atom stereocenters. The Bertz CT molecular complexity index is 567. The van der Waals surface area contributed by atoms with Crippen LogP contribution >= 0.6 is 0 Å². The fourth-order valence-electron chi connectivity index (χ4n) is 1.52. The molecule has 0 atom stereocenters. The zero-order chi connectivity index (χ0) is 13.5. The number of aromatic nitrogens is 3. The van der Waals surface area contributed by atoms with Crippen molar-refractivity contribution in [1.82, 2.24) is 14.8 Å². The molecule has 0 aliphatic rings. The summed E-state index contributed by atoms with van der Waals surface area (Å²) in [6, 6.07) is 2.43. The first-order valence-corrected chi connectivity index (χ1v) is 5.04. The van der Waals surface area contributed by atoms with Crippen molar-refractivity contribution in [3.63, 3.8) is 0 Å². The lowest BCUT2D eigenvalue weighted by Gasteiger charge is -2.10. The zero-order valence-electron chi connectivity index (χ0n) is 9.59. The van der Waals surface area contributed by atoms with Crippen LogP contribution in [-0.2, 0) is 13.2 Å². The third-order valence-electron chi connectivity index (χ3n) is 2.51. The molecule has 0 spiro atoms. The Morgan fingerprint density at radius 3 is 2.39 bits per heavy atom. The van der Waals surface area contributed by atoms with Crippen LogP contribution in [0.15, 0.2) is 18.2 Å². The molecule has 0 fully saturated rings. The quantitative estimate of drug-likeness (QED) is 0.737. The van der Waals surface area contributed by atoms with Gasteiger partial charge in [0.1, 0.15) is 11.6 Å². The Labute approximate surface area is 100 Å². The minimum atomic E-state index is -4.65. The standard InChI is InChI=1S/C11H9F4N3/c1-6-16-10(17-18(6)2)8-4-3-7(12)5-9(8)11(13,14)15/h3-5H,1-2H3. The number of benzene rings is 1. The molecule has 2 rings (SSSR count). The summed E-state index contributed by atoms with van der Waals surface area (Å²) in [4.78, 5) is 3.91. The summed E-state index contributed by atoms with van der Waals surface area (Å²) < 4.78 is 52.7. The van der Waals surface area contributed by atoms with E-state index in [-0.39, 0.29) is 11.4 Å². The first-order valence-electron chi connectivity index (χ1n) is 5.04. The number of halogens is 4. The number of aryl methyl sites for hydroxylation is 2. The molecule has 0 bridgehead atoms. The van der Waals surface area contributed by atoms with Crippen molar-refractivity contribution in [2.75, 3.05) is 0 Å². The van der Waals surface area contributed by atoms with E-state index in [0.29, 0.717) is 11.9 Å². The van der Waals surface area contributed by atoms with Crippen molar-refractivity contribution in [2.24, 2.45) is 7.05 Å². The summed E-state index contributed by atoms with van der Waals surface area (Å²) in [6.07, 6.45) is -4.65. The van der Waals surface area contributed by atoms with Crippen molar-refractivity contribution in [1.29, 1.82) is 0 Å². The summed E-state index contributed by atoms with van der Waals surface area (Å²) in [5.74, 6) is -0.538. The molecule has 1 aromatic carbocycles. The van der Waals surface area contributed by atoms with Gasteiger partial charge in [0.25, 0.3) is 0 Å². The van der Waals surface area contributed by atoms with Gasteiger partial charge < -0.3 is 0 Å². The Hall–Kier alpha value is -1.92. The molecule has 0 N–H and O–H groups in total. The van der Waals surface area contributed by atoms with Gasteiger partial charge in [-0.05, 0) is 25.1 Å². The summed E-state index contributed by atoms with van der Waals surface area (Å²) in [5, 5.41) is 3.87. The van der Waals surface area contributed by atoms with Gasteiger partial charge >= 0.3 is 6.18 Å². The van der Waals surface area contributed by atoms with Crippen molar-refractivity contribution >= 4 is 0 Å². The average molecular weight is 259 g/mol. The summed E-state index contributed by atoms with van der Waals surface area (Å²) in [5.41, 5.74) is -1.30. The highest BCUT2D eigenvalue weighted by atomic mass is 19.4. The van der Waals surface area contributed by atoms with Crippen LogP contribution in [-0.4, -0.2) is 14.8 Å². The number of rotatable bonds is 1. The first kappa shape index (κ1) is 12.5. The van der Waals surface area contributed by atoms with E-state index in [1.54, 1.807) is 14.0 Å². The smallest absolute Gasteiger partial charge is 0.253 e. The van der Waals surface area contributed by atoms with E-state index >= 15 is 0 Å². The predicted octanol–water partition coefficient (Wildman–Crippen LogP) is 2.95. The monoisotopic (exact) mass is 259 g/mol. The van der Waals surface area contributed by atoms with Crippen LogP contribution in [0.3, 0.4) is 0 Å². The molecule has 0 aliphatic carbocycles. The lowest BCUT2D eigenvalue weighted by Crippen LogP contribution is -2.08. The normalized spacial score (nSPS) is 11.9. The van der Waals surface area contributed by atoms with Crippen molar-refractivity contribution in [3.05, 3.63) is 35.4 Å². The molecule has 18 heavy (non-hydrogen) atoms. The molecule has 1 heterocycles. The van der Waals surface area contributed by atoms with E-state index in [9.17, 15) is 17.6 Å². The highest BCUT2D eigenvalue weighted by Gasteiger charge is 2.35. The molecule has 1 aromatic heterocycles. The molecule has 2 aromatic rings. The van der Waals surface area contributed by atoms with Crippen molar-refractivity contribution in [2.45, 2.75) is 13.1 Å². The number of nitrogens with zero attached hydrogens (tertiary/aromatic N) is 3. The van der Waals surface area contributed by atoms with E-state index in [1.165, 1.54) is 4.68 Å². The van der Waals surface area contributed by atoms with Gasteiger partial charge in [-0.1, -0.05) is 0 Å². The number of hydrogen-bond acceptors (Lipinski definition) is 2. The summed E-state index contributed by atoms with van der Waals surface area (Å²) in [6.45, 7) is 1.62. The number of alkyl halides is 3. The maximum atomic E-state index is 12.9. The Morgan fingerprint density at radius 1 is 1.22 bits per heavy atom. The highest BCUT2D eigenvalue weighted by Crippen LogP contribution is 2.36. The van der Waals surface area contributed by atoms with Gasteiger partial charge in [0, 0.05) is 12.6 Å². The molecule has 3 nitrogen and oxygen atoms in total. The van der Waals surface area contributed by atoms with E-state index in [4.69, 9.17) is 0 Å². The Morgan fingerprint density at radius 2 is 1.89 bits per heavy atom. The lowest BCUT2D eigenvalue weighted by molar-refractivity contribution is -0.137.